The Morgan fingerprint density at radius 3 is 2.44 bits per heavy atom. The molecule has 1 fully saturated rings. The average molecular weight is 451 g/mol. The van der Waals surface area contributed by atoms with Crippen molar-refractivity contribution >= 4 is 46.9 Å². The number of nitrogens with zero attached hydrogens (tertiary/aromatic N) is 3. The third kappa shape index (κ3) is 3.65. The number of imide groups is 2. The molecule has 0 aliphatic carbocycles. The van der Waals surface area contributed by atoms with E-state index in [0.29, 0.717) is 22.0 Å². The van der Waals surface area contributed by atoms with E-state index in [-0.39, 0.29) is 16.9 Å². The Labute approximate surface area is 186 Å². The van der Waals surface area contributed by atoms with E-state index in [4.69, 9.17) is 11.6 Å². The number of amides is 4. The van der Waals surface area contributed by atoms with Gasteiger partial charge < -0.3 is 4.57 Å². The minimum absolute atomic E-state index is 0.0614. The number of carbonyl (C=O) groups is 3. The van der Waals surface area contributed by atoms with Gasteiger partial charge in [0, 0.05) is 34.7 Å². The van der Waals surface area contributed by atoms with Crippen LogP contribution in [0.25, 0.3) is 11.8 Å². The molecule has 0 spiro atoms. The number of benzene rings is 2. The monoisotopic (exact) mass is 450 g/mol. The number of nitro groups is 1. The number of anilines is 1. The Balaban J connectivity index is 1.74. The van der Waals surface area contributed by atoms with Crippen molar-refractivity contribution in [3.8, 4) is 5.69 Å². The summed E-state index contributed by atoms with van der Waals surface area (Å²) in [6, 6.07) is 13.1. The molecule has 1 N–H and O–H groups in total. The zero-order valence-corrected chi connectivity index (χ0v) is 17.4. The highest BCUT2D eigenvalue weighted by molar-refractivity contribution is 6.39. The summed E-state index contributed by atoms with van der Waals surface area (Å²) in [6.45, 7) is 1.66. The van der Waals surface area contributed by atoms with Crippen molar-refractivity contribution in [3.05, 3.63) is 92.8 Å². The number of nitrogens with one attached hydrogen (secondary N) is 1. The first kappa shape index (κ1) is 21.0. The van der Waals surface area contributed by atoms with Gasteiger partial charge in [0.25, 0.3) is 17.5 Å². The van der Waals surface area contributed by atoms with Gasteiger partial charge in [-0.05, 0) is 55.0 Å². The summed E-state index contributed by atoms with van der Waals surface area (Å²) in [4.78, 5) is 49.3. The number of nitro benzene ring substituents is 1. The molecule has 3 aromatic rings. The van der Waals surface area contributed by atoms with Crippen LogP contribution in [0.5, 0.6) is 0 Å². The molecular weight excluding hydrogens is 436 g/mol. The van der Waals surface area contributed by atoms with Crippen LogP contribution in [0.4, 0.5) is 16.2 Å². The van der Waals surface area contributed by atoms with Gasteiger partial charge in [-0.1, -0.05) is 17.7 Å². The van der Waals surface area contributed by atoms with Crippen LogP contribution in [0.3, 0.4) is 0 Å². The quantitative estimate of drug-likeness (QED) is 0.279. The first-order valence-electron chi connectivity index (χ1n) is 9.36. The average Bonchev–Trinajstić information content (AvgIpc) is 3.22. The highest BCUT2D eigenvalue weighted by Gasteiger charge is 2.37. The molecule has 0 unspecified atom stereocenters. The van der Waals surface area contributed by atoms with E-state index in [9.17, 15) is 24.5 Å². The molecule has 0 radical (unpaired) electrons. The van der Waals surface area contributed by atoms with E-state index in [1.807, 2.05) is 0 Å². The number of carbonyl (C=O) groups excluding carboxylic acids is 3. The summed E-state index contributed by atoms with van der Waals surface area (Å²) < 4.78 is 1.66. The molecule has 0 saturated carbocycles. The van der Waals surface area contributed by atoms with Gasteiger partial charge in [-0.25, -0.2) is 9.69 Å². The van der Waals surface area contributed by atoms with Crippen molar-refractivity contribution in [2.45, 2.75) is 6.92 Å². The van der Waals surface area contributed by atoms with Crippen LogP contribution in [0.1, 0.15) is 11.3 Å². The molecule has 1 aliphatic heterocycles. The lowest BCUT2D eigenvalue weighted by atomic mass is 10.1. The van der Waals surface area contributed by atoms with Crippen LogP contribution in [-0.2, 0) is 9.59 Å². The molecule has 2 heterocycles. The Kier molecular flexibility index (Phi) is 5.33. The van der Waals surface area contributed by atoms with Gasteiger partial charge in [0.1, 0.15) is 5.57 Å². The number of rotatable bonds is 4. The Hall–Kier alpha value is -4.24. The largest absolute Gasteiger partial charge is 0.335 e. The van der Waals surface area contributed by atoms with E-state index in [0.717, 1.165) is 4.90 Å². The second-order valence-electron chi connectivity index (χ2n) is 6.92. The molecular formula is C22H15ClN4O5. The number of barbiturate groups is 1. The predicted molar refractivity (Wildman–Crippen MR) is 118 cm³/mol. The number of hydrogen-bond donors (Lipinski definition) is 1. The van der Waals surface area contributed by atoms with Crippen LogP contribution < -0.4 is 10.2 Å². The molecule has 10 heteroatoms. The fourth-order valence-corrected chi connectivity index (χ4v) is 3.51. The highest BCUT2D eigenvalue weighted by atomic mass is 35.5. The normalized spacial score (nSPS) is 15.2. The van der Waals surface area contributed by atoms with Crippen molar-refractivity contribution in [1.29, 1.82) is 0 Å². The third-order valence-corrected chi connectivity index (χ3v) is 5.40. The van der Waals surface area contributed by atoms with Crippen molar-refractivity contribution in [2.24, 2.45) is 0 Å². The number of hydrogen-bond acceptors (Lipinski definition) is 5. The fraction of sp³-hybridized carbons (Fsp3) is 0.0455. The van der Waals surface area contributed by atoms with Gasteiger partial charge in [0.15, 0.2) is 0 Å². The maximum absolute atomic E-state index is 13.2. The summed E-state index contributed by atoms with van der Waals surface area (Å²) in [6.07, 6.45) is 3.04. The first-order valence-corrected chi connectivity index (χ1v) is 9.74. The lowest BCUT2D eigenvalue weighted by molar-refractivity contribution is -0.384. The molecule has 160 valence electrons. The van der Waals surface area contributed by atoms with Crippen LogP contribution in [0.15, 0.2) is 66.4 Å². The highest BCUT2D eigenvalue weighted by Crippen LogP contribution is 2.29. The maximum atomic E-state index is 13.2. The van der Waals surface area contributed by atoms with Crippen molar-refractivity contribution in [2.75, 3.05) is 4.90 Å². The molecule has 4 rings (SSSR count). The van der Waals surface area contributed by atoms with Crippen LogP contribution in [0.2, 0.25) is 5.02 Å². The predicted octanol–water partition coefficient (Wildman–Crippen LogP) is 4.01. The van der Waals surface area contributed by atoms with Gasteiger partial charge in [0.05, 0.1) is 10.6 Å². The molecule has 2 aromatic carbocycles. The van der Waals surface area contributed by atoms with Crippen molar-refractivity contribution < 1.29 is 19.3 Å². The smallest absolute Gasteiger partial charge is 0.317 e. The minimum Gasteiger partial charge on any atom is -0.317 e. The van der Waals surface area contributed by atoms with E-state index in [1.54, 1.807) is 60.2 Å². The molecule has 4 amide bonds. The maximum Gasteiger partial charge on any atom is 0.335 e. The first-order chi connectivity index (χ1) is 15.3. The topological polar surface area (TPSA) is 115 Å². The fourth-order valence-electron chi connectivity index (χ4n) is 3.34. The summed E-state index contributed by atoms with van der Waals surface area (Å²) in [5.41, 5.74) is 1.54. The summed E-state index contributed by atoms with van der Waals surface area (Å²) >= 11 is 6.13. The van der Waals surface area contributed by atoms with Gasteiger partial charge in [0.2, 0.25) is 0 Å². The molecule has 0 atom stereocenters. The van der Waals surface area contributed by atoms with Gasteiger partial charge >= 0.3 is 6.03 Å². The zero-order chi connectivity index (χ0) is 23.0. The minimum atomic E-state index is -0.867. The molecule has 32 heavy (non-hydrogen) atoms. The molecule has 1 aromatic heterocycles. The number of aromatic nitrogens is 1. The molecule has 9 nitrogen and oxygen atoms in total. The van der Waals surface area contributed by atoms with Crippen molar-refractivity contribution in [3.63, 3.8) is 0 Å². The second-order valence-corrected chi connectivity index (χ2v) is 7.33. The van der Waals surface area contributed by atoms with Crippen LogP contribution in [0, 0.1) is 17.0 Å². The Morgan fingerprint density at radius 2 is 1.75 bits per heavy atom. The number of non-ortho nitro benzene ring substituents is 1. The van der Waals surface area contributed by atoms with E-state index in [1.165, 1.54) is 18.2 Å². The standard InChI is InChI=1S/C22H15ClN4O5/c1-13-18(23)5-2-6-19(13)26-21(29)17(20(28)24-22(26)30)12-16-4-3-11-25(16)14-7-9-15(10-8-14)27(31)32/h2-12H,1H3,(H,24,28,30)/b17-12+. The molecule has 1 saturated heterocycles. The van der Waals surface area contributed by atoms with Gasteiger partial charge in [-0.3, -0.25) is 25.0 Å². The zero-order valence-electron chi connectivity index (χ0n) is 16.6. The molecule has 1 aliphatic rings. The van der Waals surface area contributed by atoms with E-state index < -0.39 is 22.8 Å². The summed E-state index contributed by atoms with van der Waals surface area (Å²) in [5.74, 6) is -1.62. The number of halogens is 1. The molecule has 0 bridgehead atoms. The third-order valence-electron chi connectivity index (χ3n) is 4.99. The Bertz CT molecular complexity index is 1310. The lowest BCUT2D eigenvalue weighted by Gasteiger charge is -2.27. The van der Waals surface area contributed by atoms with E-state index in [2.05, 4.69) is 5.32 Å². The summed E-state index contributed by atoms with van der Waals surface area (Å²) in [5, 5.41) is 13.4. The van der Waals surface area contributed by atoms with Crippen LogP contribution >= 0.6 is 11.6 Å². The van der Waals surface area contributed by atoms with Crippen molar-refractivity contribution in [1.82, 2.24) is 9.88 Å². The Morgan fingerprint density at radius 1 is 1.03 bits per heavy atom. The SMILES string of the molecule is Cc1c(Cl)cccc1N1C(=O)NC(=O)/C(=C\c2cccn2-c2ccc([N+](=O)[O-])cc2)C1=O. The van der Waals surface area contributed by atoms with Crippen LogP contribution in [-0.4, -0.2) is 27.3 Å². The number of urea groups is 1. The second kappa shape index (κ2) is 8.12. The van der Waals surface area contributed by atoms with Gasteiger partial charge in [-0.2, -0.15) is 0 Å². The van der Waals surface area contributed by atoms with E-state index >= 15 is 0 Å². The van der Waals surface area contributed by atoms with Gasteiger partial charge in [-0.15, -0.1) is 0 Å². The summed E-state index contributed by atoms with van der Waals surface area (Å²) in [7, 11) is 0. The lowest BCUT2D eigenvalue weighted by Crippen LogP contribution is -2.54.